The number of nitrogens with one attached hydrogen (secondary N) is 6. The zero-order valence-electron chi connectivity index (χ0n) is 24.5. The van der Waals surface area contributed by atoms with Crippen LogP contribution in [0.5, 0.6) is 0 Å². The van der Waals surface area contributed by atoms with Crippen molar-refractivity contribution in [3.63, 3.8) is 0 Å². The van der Waals surface area contributed by atoms with Gasteiger partial charge < -0.3 is 26.4 Å². The van der Waals surface area contributed by atoms with Gasteiger partial charge in [0.2, 0.25) is 23.6 Å². The Bertz CT molecular complexity index is 1620. The van der Waals surface area contributed by atoms with Gasteiger partial charge in [0.1, 0.15) is 25.2 Å². The van der Waals surface area contributed by atoms with Crippen LogP contribution in [0.25, 0.3) is 0 Å². The number of carbonyl (C=O) groups is 5. The van der Waals surface area contributed by atoms with Crippen molar-refractivity contribution in [1.29, 1.82) is 0 Å². The van der Waals surface area contributed by atoms with E-state index in [-0.39, 0.29) is 49.4 Å². The van der Waals surface area contributed by atoms with Crippen LogP contribution in [-0.4, -0.2) is 79.0 Å². The van der Waals surface area contributed by atoms with Crippen molar-refractivity contribution in [2.75, 3.05) is 13.1 Å². The van der Waals surface area contributed by atoms with E-state index in [1.807, 2.05) is 4.98 Å². The van der Waals surface area contributed by atoms with Crippen LogP contribution in [-0.2, 0) is 37.1 Å². The maximum atomic E-state index is 12.9. The van der Waals surface area contributed by atoms with E-state index in [0.29, 0.717) is 6.42 Å². The van der Waals surface area contributed by atoms with E-state index in [2.05, 4.69) is 26.3 Å². The molecule has 44 heavy (non-hydrogen) atoms. The molecular weight excluding hydrogens is 584 g/mol. The summed E-state index contributed by atoms with van der Waals surface area (Å²) >= 11 is 0. The van der Waals surface area contributed by atoms with Crippen LogP contribution < -0.4 is 43.8 Å². The van der Waals surface area contributed by atoms with Gasteiger partial charge in [-0.05, 0) is 39.5 Å². The van der Waals surface area contributed by atoms with Gasteiger partial charge in [0, 0.05) is 43.5 Å². The summed E-state index contributed by atoms with van der Waals surface area (Å²) < 4.78 is 1.91. The number of carboxylic acids is 1. The molecule has 240 valence electrons. The molecular formula is C26H36N8O10. The molecule has 0 radical (unpaired) electrons. The normalized spacial score (nSPS) is 12.1. The Morgan fingerprint density at radius 2 is 1.18 bits per heavy atom. The first-order valence-electron chi connectivity index (χ1n) is 13.6. The summed E-state index contributed by atoms with van der Waals surface area (Å²) in [4.78, 5) is 112. The standard InChI is InChI=1S/C26H36N8O10/c1-14-10-33(25(43)31-21(14)38)12-19(36)29-17(6-4-8-27-16(3)35)23(40)28-9-5-7-18(24(41)42)30-20(37)13-34-11-15(2)22(39)32-26(34)44/h10-11,17-18H,4-9,12-13H2,1-3H3,(H,27,35)(H,28,40)(H,29,36)(H,30,37)(H,41,42)(H,31,38,43)(H,32,39,44)/t17-,18-/m0/s1. The molecule has 0 fully saturated rings. The number of rotatable bonds is 16. The van der Waals surface area contributed by atoms with Crippen molar-refractivity contribution < 1.29 is 29.1 Å². The number of carbonyl (C=O) groups excluding carboxylic acids is 4. The molecule has 0 saturated heterocycles. The van der Waals surface area contributed by atoms with Crippen LogP contribution in [0.3, 0.4) is 0 Å². The minimum atomic E-state index is -1.34. The second-order valence-electron chi connectivity index (χ2n) is 10.0. The molecule has 0 aliphatic heterocycles. The Labute approximate surface area is 249 Å². The third-order valence-electron chi connectivity index (χ3n) is 6.30. The van der Waals surface area contributed by atoms with Crippen LogP contribution in [0.1, 0.15) is 43.7 Å². The number of aromatic nitrogens is 4. The first-order chi connectivity index (χ1) is 20.7. The van der Waals surface area contributed by atoms with Gasteiger partial charge in [-0.1, -0.05) is 0 Å². The van der Waals surface area contributed by atoms with Crippen LogP contribution in [0.15, 0.2) is 31.6 Å². The lowest BCUT2D eigenvalue weighted by Gasteiger charge is -2.20. The lowest BCUT2D eigenvalue weighted by molar-refractivity contribution is -0.142. The largest absolute Gasteiger partial charge is 0.480 e. The highest BCUT2D eigenvalue weighted by Crippen LogP contribution is 2.01. The summed E-state index contributed by atoms with van der Waals surface area (Å²) in [5.41, 5.74) is -2.43. The highest BCUT2D eigenvalue weighted by atomic mass is 16.4. The first-order valence-corrected chi connectivity index (χ1v) is 13.6. The molecule has 0 aromatic carbocycles. The van der Waals surface area contributed by atoms with Crippen LogP contribution in [0.2, 0.25) is 0 Å². The van der Waals surface area contributed by atoms with Crippen molar-refractivity contribution in [3.8, 4) is 0 Å². The van der Waals surface area contributed by atoms with Gasteiger partial charge in [-0.3, -0.25) is 47.9 Å². The van der Waals surface area contributed by atoms with Gasteiger partial charge in [0.15, 0.2) is 0 Å². The number of amides is 4. The van der Waals surface area contributed by atoms with Gasteiger partial charge >= 0.3 is 17.3 Å². The molecule has 0 saturated carbocycles. The summed E-state index contributed by atoms with van der Waals surface area (Å²) in [6, 6.07) is -2.41. The monoisotopic (exact) mass is 620 g/mol. The smallest absolute Gasteiger partial charge is 0.328 e. The minimum absolute atomic E-state index is 0.0201. The number of aryl methyl sites for hydroxylation is 2. The fourth-order valence-corrected chi connectivity index (χ4v) is 4.00. The Kier molecular flexibility index (Phi) is 13.0. The highest BCUT2D eigenvalue weighted by molar-refractivity contribution is 5.87. The van der Waals surface area contributed by atoms with Crippen LogP contribution >= 0.6 is 0 Å². The van der Waals surface area contributed by atoms with Gasteiger partial charge in [-0.15, -0.1) is 0 Å². The zero-order chi connectivity index (χ0) is 33.0. The molecule has 2 aromatic heterocycles. The third kappa shape index (κ3) is 11.2. The van der Waals surface area contributed by atoms with E-state index < -0.39 is 71.4 Å². The Morgan fingerprint density at radius 3 is 1.64 bits per heavy atom. The average Bonchev–Trinajstić information content (AvgIpc) is 2.93. The molecule has 7 N–H and O–H groups in total. The molecule has 18 heteroatoms. The van der Waals surface area contributed by atoms with Crippen molar-refractivity contribution in [1.82, 2.24) is 40.4 Å². The van der Waals surface area contributed by atoms with Crippen molar-refractivity contribution >= 4 is 29.6 Å². The maximum absolute atomic E-state index is 12.9. The molecule has 0 aliphatic carbocycles. The predicted octanol–water partition coefficient (Wildman–Crippen LogP) is -3.43. The molecule has 18 nitrogen and oxygen atoms in total. The number of aliphatic carboxylic acids is 1. The zero-order valence-corrected chi connectivity index (χ0v) is 24.5. The quantitative estimate of drug-likeness (QED) is 0.0913. The van der Waals surface area contributed by atoms with Gasteiger partial charge in [-0.25, -0.2) is 14.4 Å². The molecule has 0 unspecified atom stereocenters. The van der Waals surface area contributed by atoms with E-state index in [1.54, 1.807) is 0 Å². The second-order valence-corrected chi connectivity index (χ2v) is 10.0. The fourth-order valence-electron chi connectivity index (χ4n) is 4.00. The SMILES string of the molecule is CC(=O)NCCC[C@H](NC(=O)Cn1cc(C)c(=O)[nH]c1=O)C(=O)NCCC[C@H](NC(=O)Cn1cc(C)c(=O)[nH]c1=O)C(=O)O. The lowest BCUT2D eigenvalue weighted by Crippen LogP contribution is -2.49. The summed E-state index contributed by atoms with van der Waals surface area (Å²) in [5, 5.41) is 19.5. The molecule has 2 atom stereocenters. The first kappa shape index (κ1) is 34.9. The molecule has 2 rings (SSSR count). The summed E-state index contributed by atoms with van der Waals surface area (Å²) in [5.74, 6) is -3.69. The average molecular weight is 621 g/mol. The minimum Gasteiger partial charge on any atom is -0.480 e. The molecule has 0 spiro atoms. The molecule has 2 aromatic rings. The van der Waals surface area contributed by atoms with E-state index >= 15 is 0 Å². The fraction of sp³-hybridized carbons (Fsp3) is 0.500. The number of nitrogens with zero attached hydrogens (tertiary/aromatic N) is 2. The van der Waals surface area contributed by atoms with E-state index in [9.17, 15) is 48.3 Å². The number of hydrogen-bond acceptors (Lipinski definition) is 9. The lowest BCUT2D eigenvalue weighted by atomic mass is 10.1. The highest BCUT2D eigenvalue weighted by Gasteiger charge is 2.23. The van der Waals surface area contributed by atoms with E-state index in [1.165, 1.54) is 33.2 Å². The van der Waals surface area contributed by atoms with Crippen LogP contribution in [0, 0.1) is 13.8 Å². The summed E-state index contributed by atoms with van der Waals surface area (Å²) in [7, 11) is 0. The maximum Gasteiger partial charge on any atom is 0.328 e. The molecule has 0 bridgehead atoms. The number of carboxylic acid groups (broad SMARTS) is 1. The van der Waals surface area contributed by atoms with Gasteiger partial charge in [0.25, 0.3) is 11.1 Å². The topological polar surface area (TPSA) is 263 Å². The van der Waals surface area contributed by atoms with E-state index in [0.717, 1.165) is 9.13 Å². The Morgan fingerprint density at radius 1 is 0.750 bits per heavy atom. The molecule has 2 heterocycles. The number of aromatic amines is 2. The van der Waals surface area contributed by atoms with Gasteiger partial charge in [0.05, 0.1) is 0 Å². The summed E-state index contributed by atoms with van der Waals surface area (Å²) in [6.07, 6.45) is 2.85. The number of H-pyrrole nitrogens is 2. The Balaban J connectivity index is 1.96. The molecule has 4 amide bonds. The third-order valence-corrected chi connectivity index (χ3v) is 6.30. The predicted molar refractivity (Wildman–Crippen MR) is 154 cm³/mol. The van der Waals surface area contributed by atoms with Crippen molar-refractivity contribution in [2.24, 2.45) is 0 Å². The van der Waals surface area contributed by atoms with Crippen LogP contribution in [0.4, 0.5) is 0 Å². The van der Waals surface area contributed by atoms with E-state index in [4.69, 9.17) is 0 Å². The van der Waals surface area contributed by atoms with Crippen molar-refractivity contribution in [2.45, 2.75) is 71.6 Å². The molecule has 0 aliphatic rings. The Hall–Kier alpha value is -5.29. The second kappa shape index (κ2) is 16.4. The van der Waals surface area contributed by atoms with Crippen molar-refractivity contribution in [3.05, 3.63) is 65.2 Å². The summed E-state index contributed by atoms with van der Waals surface area (Å²) in [6.45, 7) is 3.44. The number of hydrogen-bond donors (Lipinski definition) is 7. The van der Waals surface area contributed by atoms with Gasteiger partial charge in [-0.2, -0.15) is 0 Å².